The number of nitrogen functional groups attached to an aromatic ring is 1. The van der Waals surface area contributed by atoms with Crippen molar-refractivity contribution in [1.82, 2.24) is 0 Å². The van der Waals surface area contributed by atoms with Crippen LogP contribution in [0.5, 0.6) is 0 Å². The van der Waals surface area contributed by atoms with Gasteiger partial charge in [0.05, 0.1) is 0 Å². The summed E-state index contributed by atoms with van der Waals surface area (Å²) in [6.07, 6.45) is 13.8. The van der Waals surface area contributed by atoms with E-state index in [9.17, 15) is 0 Å². The molecule has 0 aliphatic heterocycles. The molecule has 2 aromatic carbocycles. The first-order valence-corrected chi connectivity index (χ1v) is 10.5. The van der Waals surface area contributed by atoms with Crippen molar-refractivity contribution in [3.05, 3.63) is 100 Å². The molecule has 3 N–H and O–H groups in total. The standard InChI is InChI=1S/C27H26N2/c1-17-4-2-5-21(14-17)24-7-3-6-22-16-23-15-20(12-13-25(23)26(22)24)18-8-10-19(11-9-18)27(28)29/h2-3,5-11,14-15,17H,4,12-13,16H2,1H3,(H3,28,29). The summed E-state index contributed by atoms with van der Waals surface area (Å²) in [7, 11) is 0. The average Bonchev–Trinajstić information content (AvgIpc) is 3.11. The number of nitrogens with one attached hydrogen (secondary N) is 1. The highest BCUT2D eigenvalue weighted by molar-refractivity contribution is 5.96. The summed E-state index contributed by atoms with van der Waals surface area (Å²) in [6, 6.07) is 14.9. The molecule has 2 heteroatoms. The van der Waals surface area contributed by atoms with Crippen LogP contribution in [-0.4, -0.2) is 5.84 Å². The number of hydrogen-bond donors (Lipinski definition) is 2. The average molecular weight is 379 g/mol. The van der Waals surface area contributed by atoms with Crippen molar-refractivity contribution in [1.29, 1.82) is 5.41 Å². The summed E-state index contributed by atoms with van der Waals surface area (Å²) in [6.45, 7) is 2.30. The number of benzene rings is 2. The van der Waals surface area contributed by atoms with E-state index in [4.69, 9.17) is 11.1 Å². The molecule has 29 heavy (non-hydrogen) atoms. The van der Waals surface area contributed by atoms with Gasteiger partial charge in [0, 0.05) is 5.56 Å². The summed E-state index contributed by atoms with van der Waals surface area (Å²) in [5.41, 5.74) is 17.7. The Labute approximate surface area is 172 Å². The number of nitrogens with two attached hydrogens (primary N) is 1. The van der Waals surface area contributed by atoms with Crippen molar-refractivity contribution < 1.29 is 0 Å². The maximum absolute atomic E-state index is 7.58. The Bertz CT molecular complexity index is 1120. The van der Waals surface area contributed by atoms with Gasteiger partial charge in [-0.25, -0.2) is 0 Å². The molecule has 0 aromatic heterocycles. The van der Waals surface area contributed by atoms with E-state index in [2.05, 4.69) is 61.6 Å². The predicted octanol–water partition coefficient (Wildman–Crippen LogP) is 6.14. The molecule has 3 aliphatic carbocycles. The lowest BCUT2D eigenvalue weighted by Gasteiger charge is -2.20. The largest absolute Gasteiger partial charge is 0.384 e. The van der Waals surface area contributed by atoms with E-state index in [-0.39, 0.29) is 5.84 Å². The minimum atomic E-state index is 0.123. The lowest BCUT2D eigenvalue weighted by atomic mass is 9.84. The van der Waals surface area contributed by atoms with Gasteiger partial charge < -0.3 is 5.73 Å². The van der Waals surface area contributed by atoms with Crippen LogP contribution in [0.25, 0.3) is 16.7 Å². The fourth-order valence-electron chi connectivity index (χ4n) is 4.89. The molecule has 0 saturated carbocycles. The maximum Gasteiger partial charge on any atom is 0.122 e. The first-order valence-electron chi connectivity index (χ1n) is 10.5. The van der Waals surface area contributed by atoms with Crippen LogP contribution in [0.3, 0.4) is 0 Å². The topological polar surface area (TPSA) is 49.9 Å². The third-order valence-electron chi connectivity index (χ3n) is 6.36. The summed E-state index contributed by atoms with van der Waals surface area (Å²) >= 11 is 0. The first kappa shape index (κ1) is 17.9. The number of allylic oxidation sites excluding steroid dienone is 8. The SMILES string of the molecule is CC1C=C(c2cccc3c2C2=C(C=C(c4ccc(C(=N)N)cc4)CC2)C3)C=CC1. The van der Waals surface area contributed by atoms with E-state index in [1.54, 1.807) is 0 Å². The van der Waals surface area contributed by atoms with Crippen LogP contribution >= 0.6 is 0 Å². The van der Waals surface area contributed by atoms with Crippen molar-refractivity contribution in [2.45, 2.75) is 32.6 Å². The van der Waals surface area contributed by atoms with E-state index < -0.39 is 0 Å². The molecule has 2 nitrogen and oxygen atoms in total. The zero-order valence-electron chi connectivity index (χ0n) is 16.8. The van der Waals surface area contributed by atoms with E-state index in [0.29, 0.717) is 5.92 Å². The minimum Gasteiger partial charge on any atom is -0.384 e. The molecule has 3 aliphatic rings. The Morgan fingerprint density at radius 2 is 1.90 bits per heavy atom. The van der Waals surface area contributed by atoms with Crippen LogP contribution in [0.2, 0.25) is 0 Å². The molecule has 0 fully saturated rings. The molecule has 1 atom stereocenters. The molecule has 0 saturated heterocycles. The molecule has 0 spiro atoms. The third kappa shape index (κ3) is 3.19. The van der Waals surface area contributed by atoms with Crippen LogP contribution in [0, 0.1) is 11.3 Å². The van der Waals surface area contributed by atoms with Gasteiger partial charge in [-0.2, -0.15) is 0 Å². The van der Waals surface area contributed by atoms with E-state index in [1.165, 1.54) is 44.5 Å². The molecule has 1 unspecified atom stereocenters. The zero-order chi connectivity index (χ0) is 20.0. The number of amidine groups is 1. The minimum absolute atomic E-state index is 0.123. The molecule has 0 heterocycles. The second-order valence-corrected chi connectivity index (χ2v) is 8.42. The van der Waals surface area contributed by atoms with Crippen LogP contribution in [0.1, 0.15) is 54.0 Å². The van der Waals surface area contributed by atoms with E-state index >= 15 is 0 Å². The normalized spacial score (nSPS) is 20.1. The highest BCUT2D eigenvalue weighted by atomic mass is 14.7. The summed E-state index contributed by atoms with van der Waals surface area (Å²) in [5, 5.41) is 7.58. The molecule has 144 valence electrons. The predicted molar refractivity (Wildman–Crippen MR) is 123 cm³/mol. The Morgan fingerprint density at radius 1 is 1.07 bits per heavy atom. The van der Waals surface area contributed by atoms with Crippen molar-refractivity contribution in [3.8, 4) is 0 Å². The molecule has 0 amide bonds. The van der Waals surface area contributed by atoms with E-state index in [1.807, 2.05) is 12.1 Å². The first-order chi connectivity index (χ1) is 14.1. The zero-order valence-corrected chi connectivity index (χ0v) is 16.8. The Hall–Kier alpha value is -3.13. The molecule has 0 radical (unpaired) electrons. The fourth-order valence-corrected chi connectivity index (χ4v) is 4.89. The lowest BCUT2D eigenvalue weighted by molar-refractivity contribution is 0.740. The van der Waals surface area contributed by atoms with Crippen LogP contribution < -0.4 is 5.73 Å². The highest BCUT2D eigenvalue weighted by Crippen LogP contribution is 2.46. The van der Waals surface area contributed by atoms with Crippen molar-refractivity contribution >= 4 is 22.6 Å². The van der Waals surface area contributed by atoms with Gasteiger partial charge in [-0.15, -0.1) is 0 Å². The van der Waals surface area contributed by atoms with Gasteiger partial charge in [0.2, 0.25) is 0 Å². The maximum atomic E-state index is 7.58. The van der Waals surface area contributed by atoms with Gasteiger partial charge in [0.15, 0.2) is 0 Å². The molecular formula is C27H26N2. The third-order valence-corrected chi connectivity index (χ3v) is 6.36. The van der Waals surface area contributed by atoms with Crippen LogP contribution in [0.15, 0.2) is 72.3 Å². The van der Waals surface area contributed by atoms with Crippen LogP contribution in [0.4, 0.5) is 0 Å². The number of fused-ring (bicyclic) bond motifs is 2. The van der Waals surface area contributed by atoms with Crippen LogP contribution in [-0.2, 0) is 6.42 Å². The summed E-state index contributed by atoms with van der Waals surface area (Å²) < 4.78 is 0. The molecule has 2 aromatic rings. The van der Waals surface area contributed by atoms with Gasteiger partial charge in [-0.1, -0.05) is 73.7 Å². The molecule has 0 bridgehead atoms. The van der Waals surface area contributed by atoms with Crippen molar-refractivity contribution in [3.63, 3.8) is 0 Å². The quantitative estimate of drug-likeness (QED) is 0.489. The monoisotopic (exact) mass is 378 g/mol. The van der Waals surface area contributed by atoms with Gasteiger partial charge in [-0.3, -0.25) is 5.41 Å². The number of rotatable bonds is 3. The fraction of sp³-hybridized carbons (Fsp3) is 0.222. The van der Waals surface area contributed by atoms with E-state index in [0.717, 1.165) is 31.2 Å². The number of hydrogen-bond acceptors (Lipinski definition) is 1. The highest BCUT2D eigenvalue weighted by Gasteiger charge is 2.27. The van der Waals surface area contributed by atoms with Gasteiger partial charge in [0.25, 0.3) is 0 Å². The second-order valence-electron chi connectivity index (χ2n) is 8.42. The van der Waals surface area contributed by atoms with Crippen molar-refractivity contribution in [2.24, 2.45) is 11.7 Å². The Kier molecular flexibility index (Phi) is 4.35. The summed E-state index contributed by atoms with van der Waals surface area (Å²) in [4.78, 5) is 0. The lowest BCUT2D eigenvalue weighted by Crippen LogP contribution is -2.10. The summed E-state index contributed by atoms with van der Waals surface area (Å²) in [5.74, 6) is 0.731. The van der Waals surface area contributed by atoms with Gasteiger partial charge in [0.1, 0.15) is 5.84 Å². The van der Waals surface area contributed by atoms with Gasteiger partial charge in [-0.05, 0) is 76.1 Å². The van der Waals surface area contributed by atoms with Crippen molar-refractivity contribution in [2.75, 3.05) is 0 Å². The second kappa shape index (κ2) is 7.04. The molecular weight excluding hydrogens is 352 g/mol. The Balaban J connectivity index is 1.52. The molecule has 5 rings (SSSR count). The van der Waals surface area contributed by atoms with Gasteiger partial charge >= 0.3 is 0 Å². The Morgan fingerprint density at radius 3 is 2.66 bits per heavy atom. The smallest absolute Gasteiger partial charge is 0.122 e.